The minimum atomic E-state index is -4.02. The van der Waals surface area contributed by atoms with Crippen molar-refractivity contribution in [2.45, 2.75) is 11.4 Å². The Bertz CT molecular complexity index is 1420. The van der Waals surface area contributed by atoms with Crippen LogP contribution >= 0.6 is 11.6 Å². The third-order valence-electron chi connectivity index (χ3n) is 5.00. The highest BCUT2D eigenvalue weighted by molar-refractivity contribution is 7.92. The van der Waals surface area contributed by atoms with Crippen LogP contribution in [0.5, 0.6) is 0 Å². The van der Waals surface area contributed by atoms with Crippen molar-refractivity contribution >= 4 is 33.2 Å². The standard InChI is InChI=1S/C24H20ClFN4O3S/c1-29(15-17-14-27-30(16-17)20-5-3-2-4-6-20)24(31)18-7-12-22(25)23(13-18)28-34(32,33)21-10-8-19(26)9-11-21/h2-14,16,28H,15H2,1H3. The molecule has 0 fully saturated rings. The van der Waals surface area contributed by atoms with Gasteiger partial charge in [0.1, 0.15) is 5.82 Å². The van der Waals surface area contributed by atoms with Crippen LogP contribution in [0, 0.1) is 5.82 Å². The monoisotopic (exact) mass is 498 g/mol. The molecule has 34 heavy (non-hydrogen) atoms. The van der Waals surface area contributed by atoms with E-state index in [1.165, 1.54) is 23.1 Å². The smallest absolute Gasteiger partial charge is 0.261 e. The molecule has 174 valence electrons. The van der Waals surface area contributed by atoms with Crippen LogP contribution in [0.15, 0.2) is 90.1 Å². The minimum Gasteiger partial charge on any atom is -0.337 e. The van der Waals surface area contributed by atoms with Crippen LogP contribution in [0.25, 0.3) is 5.69 Å². The van der Waals surface area contributed by atoms with Crippen molar-refractivity contribution in [3.8, 4) is 5.69 Å². The molecule has 0 aliphatic rings. The number of aromatic nitrogens is 2. The molecule has 0 saturated carbocycles. The van der Waals surface area contributed by atoms with Crippen molar-refractivity contribution in [2.75, 3.05) is 11.8 Å². The van der Waals surface area contributed by atoms with E-state index in [2.05, 4.69) is 9.82 Å². The predicted molar refractivity (Wildman–Crippen MR) is 128 cm³/mol. The van der Waals surface area contributed by atoms with Crippen molar-refractivity contribution < 1.29 is 17.6 Å². The zero-order valence-electron chi connectivity index (χ0n) is 18.0. The topological polar surface area (TPSA) is 84.3 Å². The van der Waals surface area contributed by atoms with Crippen molar-refractivity contribution in [1.82, 2.24) is 14.7 Å². The van der Waals surface area contributed by atoms with E-state index in [1.54, 1.807) is 17.9 Å². The summed E-state index contributed by atoms with van der Waals surface area (Å²) < 4.78 is 42.5. The number of carbonyl (C=O) groups is 1. The van der Waals surface area contributed by atoms with E-state index in [0.29, 0.717) is 6.54 Å². The highest BCUT2D eigenvalue weighted by atomic mass is 35.5. The van der Waals surface area contributed by atoms with Gasteiger partial charge >= 0.3 is 0 Å². The zero-order valence-corrected chi connectivity index (χ0v) is 19.6. The summed E-state index contributed by atoms with van der Waals surface area (Å²) in [5, 5.41) is 4.45. The average Bonchev–Trinajstić information content (AvgIpc) is 3.29. The number of para-hydroxylation sites is 1. The van der Waals surface area contributed by atoms with Crippen LogP contribution in [0.1, 0.15) is 15.9 Å². The number of nitrogens with one attached hydrogen (secondary N) is 1. The summed E-state index contributed by atoms with van der Waals surface area (Å²) in [5.41, 5.74) is 2.02. The number of nitrogens with zero attached hydrogens (tertiary/aromatic N) is 3. The van der Waals surface area contributed by atoms with Gasteiger partial charge in [0.2, 0.25) is 0 Å². The molecule has 0 radical (unpaired) electrons. The first-order valence-corrected chi connectivity index (χ1v) is 12.0. The van der Waals surface area contributed by atoms with Gasteiger partial charge in [0, 0.05) is 30.9 Å². The van der Waals surface area contributed by atoms with Crippen LogP contribution in [0.3, 0.4) is 0 Å². The third kappa shape index (κ3) is 5.27. The maximum atomic E-state index is 13.1. The van der Waals surface area contributed by atoms with Crippen LogP contribution in [0.4, 0.5) is 10.1 Å². The fourth-order valence-electron chi connectivity index (χ4n) is 3.28. The number of benzene rings is 3. The summed E-state index contributed by atoms with van der Waals surface area (Å²) in [5.74, 6) is -0.881. The second-order valence-electron chi connectivity index (χ2n) is 7.54. The second-order valence-corrected chi connectivity index (χ2v) is 9.63. The minimum absolute atomic E-state index is 0.0436. The number of carbonyl (C=O) groups excluding carboxylic acids is 1. The Hall–Kier alpha value is -3.69. The maximum Gasteiger partial charge on any atom is 0.261 e. The Morgan fingerprint density at radius 2 is 1.79 bits per heavy atom. The summed E-state index contributed by atoms with van der Waals surface area (Å²) in [6.07, 6.45) is 3.52. The van der Waals surface area contributed by atoms with Crippen LogP contribution in [0.2, 0.25) is 5.02 Å². The van der Waals surface area contributed by atoms with Crippen LogP contribution in [-0.4, -0.2) is 36.1 Å². The lowest BCUT2D eigenvalue weighted by Gasteiger charge is -2.17. The van der Waals surface area contributed by atoms with Crippen molar-refractivity contribution in [3.63, 3.8) is 0 Å². The van der Waals surface area contributed by atoms with E-state index in [1.807, 2.05) is 36.5 Å². The Labute approximate surface area is 201 Å². The number of hydrogen-bond acceptors (Lipinski definition) is 4. The van der Waals surface area contributed by atoms with Gasteiger partial charge in [0.25, 0.3) is 15.9 Å². The van der Waals surface area contributed by atoms with E-state index in [-0.39, 0.29) is 27.1 Å². The fourth-order valence-corrected chi connectivity index (χ4v) is 4.58. The zero-order chi connectivity index (χ0) is 24.3. The maximum absolute atomic E-state index is 13.1. The van der Waals surface area contributed by atoms with Gasteiger partial charge in [-0.3, -0.25) is 9.52 Å². The highest BCUT2D eigenvalue weighted by Gasteiger charge is 2.19. The number of rotatable bonds is 7. The molecular weight excluding hydrogens is 479 g/mol. The molecule has 0 spiro atoms. The van der Waals surface area contributed by atoms with Crippen molar-refractivity contribution in [2.24, 2.45) is 0 Å². The predicted octanol–water partition coefficient (Wildman–Crippen LogP) is 4.74. The lowest BCUT2D eigenvalue weighted by molar-refractivity contribution is 0.0785. The normalized spacial score (nSPS) is 11.3. The molecular formula is C24H20ClFN4O3S. The Morgan fingerprint density at radius 3 is 2.50 bits per heavy atom. The van der Waals surface area contributed by atoms with Gasteiger partial charge in [0.15, 0.2) is 0 Å². The number of halogens is 2. The lowest BCUT2D eigenvalue weighted by atomic mass is 10.1. The summed E-state index contributed by atoms with van der Waals surface area (Å²) in [6.45, 7) is 0.297. The molecule has 0 unspecified atom stereocenters. The van der Waals surface area contributed by atoms with Crippen LogP contribution < -0.4 is 4.72 Å². The Balaban J connectivity index is 1.50. The molecule has 0 aliphatic heterocycles. The second kappa shape index (κ2) is 9.66. The summed E-state index contributed by atoms with van der Waals surface area (Å²) in [7, 11) is -2.39. The van der Waals surface area contributed by atoms with Crippen molar-refractivity contribution in [3.05, 3.63) is 107 Å². The largest absolute Gasteiger partial charge is 0.337 e. The quantitative estimate of drug-likeness (QED) is 0.399. The van der Waals surface area contributed by atoms with Crippen LogP contribution in [-0.2, 0) is 16.6 Å². The average molecular weight is 499 g/mol. The number of hydrogen-bond donors (Lipinski definition) is 1. The van der Waals surface area contributed by atoms with Gasteiger partial charge in [-0.05, 0) is 54.6 Å². The Morgan fingerprint density at radius 1 is 1.09 bits per heavy atom. The highest BCUT2D eigenvalue weighted by Crippen LogP contribution is 2.27. The molecule has 1 heterocycles. The first-order chi connectivity index (χ1) is 16.2. The molecule has 1 amide bonds. The van der Waals surface area contributed by atoms with Gasteiger partial charge in [-0.1, -0.05) is 29.8 Å². The third-order valence-corrected chi connectivity index (χ3v) is 6.72. The molecule has 7 nitrogen and oxygen atoms in total. The van der Waals surface area contributed by atoms with Gasteiger partial charge in [-0.25, -0.2) is 17.5 Å². The SMILES string of the molecule is CN(Cc1cnn(-c2ccccc2)c1)C(=O)c1ccc(Cl)c(NS(=O)(=O)c2ccc(F)cc2)c1. The van der Waals surface area contributed by atoms with E-state index < -0.39 is 15.8 Å². The molecule has 1 N–H and O–H groups in total. The van der Waals surface area contributed by atoms with E-state index in [9.17, 15) is 17.6 Å². The van der Waals surface area contributed by atoms with E-state index >= 15 is 0 Å². The van der Waals surface area contributed by atoms with E-state index in [0.717, 1.165) is 35.5 Å². The number of sulfonamides is 1. The Kier molecular flexibility index (Phi) is 6.67. The molecule has 0 aliphatic carbocycles. The van der Waals surface area contributed by atoms with Gasteiger partial charge in [0.05, 0.1) is 27.5 Å². The molecule has 10 heteroatoms. The molecule has 4 aromatic rings. The summed E-state index contributed by atoms with van der Waals surface area (Å²) in [6, 6.07) is 18.3. The molecule has 1 aromatic heterocycles. The number of amides is 1. The summed E-state index contributed by atoms with van der Waals surface area (Å²) >= 11 is 6.17. The van der Waals surface area contributed by atoms with Crippen molar-refractivity contribution in [1.29, 1.82) is 0 Å². The van der Waals surface area contributed by atoms with Gasteiger partial charge < -0.3 is 4.90 Å². The summed E-state index contributed by atoms with van der Waals surface area (Å²) in [4.78, 5) is 14.4. The molecule has 4 rings (SSSR count). The van der Waals surface area contributed by atoms with E-state index in [4.69, 9.17) is 11.6 Å². The number of anilines is 1. The molecule has 0 bridgehead atoms. The first kappa shape index (κ1) is 23.5. The van der Waals surface area contributed by atoms with Gasteiger partial charge in [-0.15, -0.1) is 0 Å². The lowest BCUT2D eigenvalue weighted by Crippen LogP contribution is -2.26. The van der Waals surface area contributed by atoms with Gasteiger partial charge in [-0.2, -0.15) is 5.10 Å². The fraction of sp³-hybridized carbons (Fsp3) is 0.0833. The first-order valence-electron chi connectivity index (χ1n) is 10.2. The molecule has 0 saturated heterocycles. The molecule has 3 aromatic carbocycles. The molecule has 0 atom stereocenters.